The van der Waals surface area contributed by atoms with E-state index in [0.717, 1.165) is 0 Å². The van der Waals surface area contributed by atoms with Crippen LogP contribution in [0.3, 0.4) is 0 Å². The van der Waals surface area contributed by atoms with Gasteiger partial charge in [-0.3, -0.25) is 4.79 Å². The summed E-state index contributed by atoms with van der Waals surface area (Å²) in [6.07, 6.45) is 0. The van der Waals surface area contributed by atoms with Gasteiger partial charge in [-0.05, 0) is 24.6 Å². The standard InChI is InChI=1S/C15H16FNO4S/c1-3-21-14(18)15(9-17)12(13(15)22(19,20)4-2)10-5-7-11(16)8-6-10/h5-8,12-13H,3-4H2,1-2H3/t12-,13-,15-/m0/s1. The van der Waals surface area contributed by atoms with Crippen LogP contribution < -0.4 is 0 Å². The smallest absolute Gasteiger partial charge is 0.328 e. The van der Waals surface area contributed by atoms with Crippen molar-refractivity contribution in [2.45, 2.75) is 25.0 Å². The molecule has 0 aliphatic heterocycles. The van der Waals surface area contributed by atoms with Crippen molar-refractivity contribution < 1.29 is 22.3 Å². The summed E-state index contributed by atoms with van der Waals surface area (Å²) in [5, 5.41) is 8.33. The average molecular weight is 325 g/mol. The fourth-order valence-corrected chi connectivity index (χ4v) is 4.74. The first-order chi connectivity index (χ1) is 10.3. The van der Waals surface area contributed by atoms with E-state index in [1.165, 1.54) is 31.2 Å². The molecule has 22 heavy (non-hydrogen) atoms. The molecule has 7 heteroatoms. The van der Waals surface area contributed by atoms with Gasteiger partial charge in [-0.2, -0.15) is 5.26 Å². The lowest BCUT2D eigenvalue weighted by molar-refractivity contribution is -0.147. The van der Waals surface area contributed by atoms with Crippen LogP contribution in [-0.2, 0) is 19.4 Å². The highest BCUT2D eigenvalue weighted by molar-refractivity contribution is 7.92. The predicted molar refractivity (Wildman–Crippen MR) is 77.1 cm³/mol. The zero-order valence-corrected chi connectivity index (χ0v) is 13.1. The number of hydrogen-bond donors (Lipinski definition) is 0. The summed E-state index contributed by atoms with van der Waals surface area (Å²) < 4.78 is 42.5. The number of ether oxygens (including phenoxy) is 1. The van der Waals surface area contributed by atoms with E-state index >= 15 is 0 Å². The average Bonchev–Trinajstić information content (AvgIpc) is 3.20. The molecular formula is C15H16FNO4S. The molecule has 0 saturated heterocycles. The van der Waals surface area contributed by atoms with Crippen LogP contribution in [0.4, 0.5) is 4.39 Å². The topological polar surface area (TPSA) is 84.2 Å². The summed E-state index contributed by atoms with van der Waals surface area (Å²) in [5.41, 5.74) is -1.30. The van der Waals surface area contributed by atoms with E-state index < -0.39 is 38.2 Å². The second-order valence-corrected chi connectivity index (χ2v) is 7.51. The summed E-state index contributed by atoms with van der Waals surface area (Å²) in [5.74, 6) is -2.33. The van der Waals surface area contributed by atoms with Gasteiger partial charge in [0.2, 0.25) is 0 Å². The third-order valence-corrected chi connectivity index (χ3v) is 6.17. The minimum atomic E-state index is -3.63. The van der Waals surface area contributed by atoms with Gasteiger partial charge >= 0.3 is 5.97 Å². The van der Waals surface area contributed by atoms with Gasteiger partial charge in [0.05, 0.1) is 12.7 Å². The van der Waals surface area contributed by atoms with E-state index in [1.54, 1.807) is 6.92 Å². The van der Waals surface area contributed by atoms with Crippen LogP contribution in [0, 0.1) is 22.6 Å². The molecule has 0 unspecified atom stereocenters. The Hall–Kier alpha value is -1.94. The van der Waals surface area contributed by atoms with Crippen molar-refractivity contribution in [1.82, 2.24) is 0 Å². The molecular weight excluding hydrogens is 309 g/mol. The van der Waals surface area contributed by atoms with Gasteiger partial charge in [0.1, 0.15) is 11.1 Å². The summed E-state index contributed by atoms with van der Waals surface area (Å²) in [6.45, 7) is 3.10. The number of esters is 1. The van der Waals surface area contributed by atoms with E-state index in [0.29, 0.717) is 5.56 Å². The summed E-state index contributed by atoms with van der Waals surface area (Å²) >= 11 is 0. The van der Waals surface area contributed by atoms with Crippen molar-refractivity contribution in [2.24, 2.45) is 5.41 Å². The number of carbonyl (C=O) groups excluding carboxylic acids is 1. The fourth-order valence-electron chi connectivity index (χ4n) is 2.81. The van der Waals surface area contributed by atoms with E-state index in [2.05, 4.69) is 0 Å². The third-order valence-electron chi connectivity index (χ3n) is 3.95. The van der Waals surface area contributed by atoms with Gasteiger partial charge in [0.25, 0.3) is 0 Å². The zero-order chi connectivity index (χ0) is 16.5. The Bertz CT molecular complexity index is 723. The van der Waals surface area contributed by atoms with Gasteiger partial charge in [0, 0.05) is 11.7 Å². The number of hydrogen-bond acceptors (Lipinski definition) is 5. The molecule has 1 aliphatic rings. The van der Waals surface area contributed by atoms with E-state index in [-0.39, 0.29) is 12.4 Å². The summed E-state index contributed by atoms with van der Waals surface area (Å²) in [7, 11) is -3.63. The minimum absolute atomic E-state index is 0.0529. The Morgan fingerprint density at radius 2 is 1.95 bits per heavy atom. The monoisotopic (exact) mass is 325 g/mol. The van der Waals surface area contributed by atoms with Crippen molar-refractivity contribution in [3.8, 4) is 6.07 Å². The molecule has 1 saturated carbocycles. The Morgan fingerprint density at radius 1 is 1.36 bits per heavy atom. The number of halogens is 1. The first-order valence-corrected chi connectivity index (χ1v) is 8.62. The number of nitriles is 1. The lowest BCUT2D eigenvalue weighted by Crippen LogP contribution is -2.26. The maximum Gasteiger partial charge on any atom is 0.328 e. The lowest BCUT2D eigenvalue weighted by Gasteiger charge is -2.08. The van der Waals surface area contributed by atoms with Crippen LogP contribution >= 0.6 is 0 Å². The normalized spacial score (nSPS) is 27.0. The Balaban J connectivity index is 2.52. The van der Waals surface area contributed by atoms with Crippen LogP contribution in [0.1, 0.15) is 25.3 Å². The molecule has 3 atom stereocenters. The number of carbonyl (C=O) groups is 1. The van der Waals surface area contributed by atoms with Crippen LogP contribution in [0.25, 0.3) is 0 Å². The van der Waals surface area contributed by atoms with Crippen LogP contribution in [-0.4, -0.2) is 32.0 Å². The molecule has 0 heterocycles. The summed E-state index contributed by atoms with van der Waals surface area (Å²) in [6, 6.07) is 7.00. The molecule has 1 aliphatic carbocycles. The minimum Gasteiger partial charge on any atom is -0.465 e. The van der Waals surface area contributed by atoms with Crippen LogP contribution in [0.15, 0.2) is 24.3 Å². The number of rotatable bonds is 5. The lowest BCUT2D eigenvalue weighted by atomic mass is 10.0. The molecule has 1 fully saturated rings. The predicted octanol–water partition coefficient (Wildman–Crippen LogP) is 1.80. The molecule has 5 nitrogen and oxygen atoms in total. The van der Waals surface area contributed by atoms with Gasteiger partial charge in [-0.15, -0.1) is 0 Å². The number of benzene rings is 1. The molecule has 0 radical (unpaired) electrons. The third kappa shape index (κ3) is 2.37. The van der Waals surface area contributed by atoms with E-state index in [9.17, 15) is 22.9 Å². The zero-order valence-electron chi connectivity index (χ0n) is 12.2. The largest absolute Gasteiger partial charge is 0.465 e. The fraction of sp³-hybridized carbons (Fsp3) is 0.467. The number of sulfone groups is 1. The molecule has 0 spiro atoms. The van der Waals surface area contributed by atoms with Crippen molar-refractivity contribution in [1.29, 1.82) is 5.26 Å². The molecule has 0 bridgehead atoms. The van der Waals surface area contributed by atoms with Gasteiger partial charge in [0.15, 0.2) is 15.3 Å². The maximum atomic E-state index is 13.0. The molecule has 0 N–H and O–H groups in total. The highest BCUT2D eigenvalue weighted by atomic mass is 32.2. The quantitative estimate of drug-likeness (QED) is 0.771. The van der Waals surface area contributed by atoms with Crippen molar-refractivity contribution >= 4 is 15.8 Å². The SMILES string of the molecule is CCOC(=O)[C@@]1(C#N)[C@@H](c2ccc(F)cc2)[C@@H]1S(=O)(=O)CC. The summed E-state index contributed by atoms with van der Waals surface area (Å²) in [4.78, 5) is 12.2. The van der Waals surface area contributed by atoms with Gasteiger partial charge in [-0.25, -0.2) is 12.8 Å². The van der Waals surface area contributed by atoms with Gasteiger partial charge in [-0.1, -0.05) is 19.1 Å². The molecule has 118 valence electrons. The van der Waals surface area contributed by atoms with E-state index in [1.807, 2.05) is 6.07 Å². The Kier molecular flexibility index (Phi) is 4.25. The number of nitrogens with zero attached hydrogens (tertiary/aromatic N) is 1. The highest BCUT2D eigenvalue weighted by Crippen LogP contribution is 2.63. The maximum absolute atomic E-state index is 13.0. The van der Waals surface area contributed by atoms with Gasteiger partial charge < -0.3 is 4.74 Å². The second-order valence-electron chi connectivity index (χ2n) is 5.10. The molecule has 1 aromatic carbocycles. The van der Waals surface area contributed by atoms with E-state index in [4.69, 9.17) is 4.74 Å². The molecule has 2 rings (SSSR count). The Morgan fingerprint density at radius 3 is 2.41 bits per heavy atom. The first kappa shape index (κ1) is 16.4. The Labute approximate surface area is 128 Å². The van der Waals surface area contributed by atoms with Crippen LogP contribution in [0.2, 0.25) is 0 Å². The molecule has 1 aromatic rings. The van der Waals surface area contributed by atoms with Crippen molar-refractivity contribution in [3.05, 3.63) is 35.6 Å². The first-order valence-electron chi connectivity index (χ1n) is 6.90. The van der Waals surface area contributed by atoms with Crippen molar-refractivity contribution in [2.75, 3.05) is 12.4 Å². The van der Waals surface area contributed by atoms with Crippen LogP contribution in [0.5, 0.6) is 0 Å². The molecule has 0 aromatic heterocycles. The highest BCUT2D eigenvalue weighted by Gasteiger charge is 2.77. The second kappa shape index (κ2) is 5.69. The van der Waals surface area contributed by atoms with Crippen molar-refractivity contribution in [3.63, 3.8) is 0 Å². The molecule has 0 amide bonds.